The second-order valence-electron chi connectivity index (χ2n) is 4.33. The van der Waals surface area contributed by atoms with Gasteiger partial charge in [0, 0.05) is 13.1 Å². The summed E-state index contributed by atoms with van der Waals surface area (Å²) in [6.07, 6.45) is 3.26. The summed E-state index contributed by atoms with van der Waals surface area (Å²) < 4.78 is 0. The van der Waals surface area contributed by atoms with E-state index >= 15 is 0 Å². The van der Waals surface area contributed by atoms with Crippen LogP contribution in [-0.2, 0) is 0 Å². The molecule has 2 nitrogen and oxygen atoms in total. The largest absolute Gasteiger partial charge is 0.393 e. The zero-order chi connectivity index (χ0) is 9.84. The molecule has 0 amide bonds. The van der Waals surface area contributed by atoms with Crippen molar-refractivity contribution in [3.8, 4) is 0 Å². The van der Waals surface area contributed by atoms with Gasteiger partial charge in [0.25, 0.3) is 0 Å². The Kier molecular flexibility index (Phi) is 3.94. The van der Waals surface area contributed by atoms with Crippen LogP contribution in [0.5, 0.6) is 0 Å². The van der Waals surface area contributed by atoms with Crippen LogP contribution in [-0.4, -0.2) is 35.7 Å². The number of hydrogen-bond donors (Lipinski definition) is 1. The molecular formula is C11H21NO. The molecule has 1 N–H and O–H groups in total. The van der Waals surface area contributed by atoms with Gasteiger partial charge >= 0.3 is 0 Å². The number of likely N-dealkylation sites (tertiary alicyclic amines) is 1. The number of nitrogens with zero attached hydrogens (tertiary/aromatic N) is 1. The third kappa shape index (κ3) is 3.49. The first-order chi connectivity index (χ1) is 6.09. The van der Waals surface area contributed by atoms with Gasteiger partial charge in [-0.2, -0.15) is 0 Å². The summed E-state index contributed by atoms with van der Waals surface area (Å²) in [5.41, 5.74) is 1.38. The number of aliphatic hydroxyl groups excluding tert-OH is 1. The maximum Gasteiger partial charge on any atom is 0.0552 e. The summed E-state index contributed by atoms with van der Waals surface area (Å²) in [5.74, 6) is 0.491. The lowest BCUT2D eigenvalue weighted by molar-refractivity contribution is 0.129. The summed E-state index contributed by atoms with van der Waals surface area (Å²) in [7, 11) is 0. The molecule has 0 radical (unpaired) electrons. The van der Waals surface area contributed by atoms with Gasteiger partial charge in [-0.3, -0.25) is 4.90 Å². The minimum atomic E-state index is -0.142. The van der Waals surface area contributed by atoms with Crippen LogP contribution in [0.1, 0.15) is 27.2 Å². The highest BCUT2D eigenvalue weighted by molar-refractivity contribution is 4.96. The standard InChI is InChI=1S/C11H21NO/c1-9(2)4-6-12-7-5-11(8-12)10(3)13/h4,10-11,13H,5-8H2,1-3H3. The van der Waals surface area contributed by atoms with Gasteiger partial charge in [-0.05, 0) is 39.7 Å². The number of hydrogen-bond acceptors (Lipinski definition) is 2. The van der Waals surface area contributed by atoms with Gasteiger partial charge in [-0.1, -0.05) is 11.6 Å². The van der Waals surface area contributed by atoms with Gasteiger partial charge in [0.15, 0.2) is 0 Å². The van der Waals surface area contributed by atoms with E-state index in [9.17, 15) is 5.11 Å². The van der Waals surface area contributed by atoms with E-state index in [4.69, 9.17) is 0 Å². The Morgan fingerprint density at radius 2 is 2.31 bits per heavy atom. The number of allylic oxidation sites excluding steroid dienone is 1. The predicted octanol–water partition coefficient (Wildman–Crippen LogP) is 1.66. The van der Waals surface area contributed by atoms with Crippen molar-refractivity contribution in [2.24, 2.45) is 5.92 Å². The number of rotatable bonds is 3. The molecule has 1 heterocycles. The first kappa shape index (κ1) is 10.7. The summed E-state index contributed by atoms with van der Waals surface area (Å²) in [6, 6.07) is 0. The Labute approximate surface area is 81.2 Å². The average Bonchev–Trinajstić information content (AvgIpc) is 2.48. The molecule has 1 saturated heterocycles. The first-order valence-electron chi connectivity index (χ1n) is 5.13. The maximum absolute atomic E-state index is 9.41. The summed E-state index contributed by atoms with van der Waals surface area (Å²) >= 11 is 0. The smallest absolute Gasteiger partial charge is 0.0552 e. The normalized spacial score (nSPS) is 26.0. The van der Waals surface area contributed by atoms with Crippen molar-refractivity contribution in [3.05, 3.63) is 11.6 Å². The predicted molar refractivity (Wildman–Crippen MR) is 55.7 cm³/mol. The lowest BCUT2D eigenvalue weighted by Crippen LogP contribution is -2.24. The zero-order valence-electron chi connectivity index (χ0n) is 8.95. The monoisotopic (exact) mass is 183 g/mol. The molecule has 0 aromatic rings. The minimum Gasteiger partial charge on any atom is -0.393 e. The van der Waals surface area contributed by atoms with Gasteiger partial charge < -0.3 is 5.11 Å². The molecule has 76 valence electrons. The van der Waals surface area contributed by atoms with Gasteiger partial charge in [-0.15, -0.1) is 0 Å². The average molecular weight is 183 g/mol. The summed E-state index contributed by atoms with van der Waals surface area (Å²) in [6.45, 7) is 9.39. The molecule has 2 unspecified atom stereocenters. The van der Waals surface area contributed by atoms with Crippen LogP contribution in [0.2, 0.25) is 0 Å². The molecular weight excluding hydrogens is 162 g/mol. The Hall–Kier alpha value is -0.340. The molecule has 1 aliphatic heterocycles. The Balaban J connectivity index is 2.29. The zero-order valence-corrected chi connectivity index (χ0v) is 8.95. The Morgan fingerprint density at radius 3 is 2.77 bits per heavy atom. The molecule has 0 aromatic carbocycles. The van der Waals surface area contributed by atoms with Crippen molar-refractivity contribution in [1.29, 1.82) is 0 Å². The van der Waals surface area contributed by atoms with Crippen molar-refractivity contribution in [2.45, 2.75) is 33.3 Å². The van der Waals surface area contributed by atoms with E-state index < -0.39 is 0 Å². The minimum absolute atomic E-state index is 0.142. The molecule has 0 saturated carbocycles. The van der Waals surface area contributed by atoms with E-state index in [-0.39, 0.29) is 6.10 Å². The Bertz CT molecular complexity index is 183. The van der Waals surface area contributed by atoms with Crippen LogP contribution < -0.4 is 0 Å². The van der Waals surface area contributed by atoms with Crippen LogP contribution in [0.15, 0.2) is 11.6 Å². The van der Waals surface area contributed by atoms with Crippen LogP contribution in [0.4, 0.5) is 0 Å². The fourth-order valence-electron chi connectivity index (χ4n) is 1.73. The third-order valence-electron chi connectivity index (χ3n) is 2.75. The van der Waals surface area contributed by atoms with Crippen molar-refractivity contribution in [1.82, 2.24) is 4.90 Å². The van der Waals surface area contributed by atoms with Crippen LogP contribution in [0.3, 0.4) is 0 Å². The van der Waals surface area contributed by atoms with Crippen molar-refractivity contribution in [2.75, 3.05) is 19.6 Å². The highest BCUT2D eigenvalue weighted by Gasteiger charge is 2.24. The molecule has 0 bridgehead atoms. The molecule has 2 atom stereocenters. The fraction of sp³-hybridized carbons (Fsp3) is 0.818. The lowest BCUT2D eigenvalue weighted by atomic mass is 10.0. The topological polar surface area (TPSA) is 23.5 Å². The molecule has 1 rings (SSSR count). The number of aliphatic hydroxyl groups is 1. The lowest BCUT2D eigenvalue weighted by Gasteiger charge is -2.15. The second-order valence-corrected chi connectivity index (χ2v) is 4.33. The van der Waals surface area contributed by atoms with Crippen molar-refractivity contribution >= 4 is 0 Å². The maximum atomic E-state index is 9.41. The van der Waals surface area contributed by atoms with Crippen molar-refractivity contribution < 1.29 is 5.11 Å². The Morgan fingerprint density at radius 1 is 1.62 bits per heavy atom. The van der Waals surface area contributed by atoms with Gasteiger partial charge in [0.2, 0.25) is 0 Å². The molecule has 2 heteroatoms. The fourth-order valence-corrected chi connectivity index (χ4v) is 1.73. The SMILES string of the molecule is CC(C)=CCN1CCC(C(C)O)C1. The van der Waals surface area contributed by atoms with Gasteiger partial charge in [0.1, 0.15) is 0 Å². The van der Waals surface area contributed by atoms with E-state index in [1.165, 1.54) is 5.57 Å². The van der Waals surface area contributed by atoms with Gasteiger partial charge in [0.05, 0.1) is 6.10 Å². The molecule has 1 fully saturated rings. The van der Waals surface area contributed by atoms with Crippen molar-refractivity contribution in [3.63, 3.8) is 0 Å². The highest BCUT2D eigenvalue weighted by Crippen LogP contribution is 2.19. The van der Waals surface area contributed by atoms with E-state index in [0.717, 1.165) is 26.1 Å². The first-order valence-corrected chi connectivity index (χ1v) is 5.13. The van der Waals surface area contributed by atoms with Crippen LogP contribution in [0, 0.1) is 5.92 Å². The molecule has 0 aliphatic carbocycles. The molecule has 0 spiro atoms. The van der Waals surface area contributed by atoms with E-state index in [2.05, 4.69) is 24.8 Å². The van der Waals surface area contributed by atoms with E-state index in [1.54, 1.807) is 0 Å². The molecule has 1 aliphatic rings. The molecule has 0 aromatic heterocycles. The molecule has 13 heavy (non-hydrogen) atoms. The van der Waals surface area contributed by atoms with Crippen LogP contribution in [0.25, 0.3) is 0 Å². The highest BCUT2D eigenvalue weighted by atomic mass is 16.3. The summed E-state index contributed by atoms with van der Waals surface area (Å²) in [5, 5.41) is 9.41. The third-order valence-corrected chi connectivity index (χ3v) is 2.75. The van der Waals surface area contributed by atoms with E-state index in [0.29, 0.717) is 5.92 Å². The van der Waals surface area contributed by atoms with Gasteiger partial charge in [-0.25, -0.2) is 0 Å². The van der Waals surface area contributed by atoms with E-state index in [1.807, 2.05) is 6.92 Å². The summed E-state index contributed by atoms with van der Waals surface area (Å²) in [4.78, 5) is 2.41. The quantitative estimate of drug-likeness (QED) is 0.673. The van der Waals surface area contributed by atoms with Crippen LogP contribution >= 0.6 is 0 Å². The second kappa shape index (κ2) is 4.77.